The molecule has 0 aliphatic rings. The Kier molecular flexibility index (Phi) is 6.48. The van der Waals surface area contributed by atoms with E-state index < -0.39 is 17.5 Å². The van der Waals surface area contributed by atoms with Crippen molar-refractivity contribution in [2.75, 3.05) is 26.1 Å². The minimum absolute atomic E-state index is 0.00519. The molecule has 26 heavy (non-hydrogen) atoms. The maximum Gasteiger partial charge on any atom is 0.254 e. The van der Waals surface area contributed by atoms with Crippen LogP contribution >= 0.6 is 0 Å². The number of carbonyl (C=O) groups is 2. The SMILES string of the molecule is COc1ccc(NC(=O)CCNC(=O)c2ccc(F)cc2F)cc1OC. The van der Waals surface area contributed by atoms with Crippen LogP contribution in [0.1, 0.15) is 16.8 Å². The average Bonchev–Trinajstić information content (AvgIpc) is 2.61. The van der Waals surface area contributed by atoms with E-state index in [2.05, 4.69) is 10.6 Å². The average molecular weight is 364 g/mol. The molecule has 2 aromatic rings. The van der Waals surface area contributed by atoms with Crippen LogP contribution in [0.4, 0.5) is 14.5 Å². The Morgan fingerprint density at radius 1 is 1.00 bits per heavy atom. The molecule has 0 bridgehead atoms. The van der Waals surface area contributed by atoms with Gasteiger partial charge in [0.2, 0.25) is 5.91 Å². The van der Waals surface area contributed by atoms with Crippen molar-refractivity contribution >= 4 is 17.5 Å². The summed E-state index contributed by atoms with van der Waals surface area (Å²) < 4.78 is 36.6. The molecule has 0 aliphatic heterocycles. The molecular formula is C18H18F2N2O4. The van der Waals surface area contributed by atoms with E-state index in [-0.39, 0.29) is 24.4 Å². The molecule has 0 heterocycles. The number of benzene rings is 2. The van der Waals surface area contributed by atoms with E-state index in [0.29, 0.717) is 23.3 Å². The summed E-state index contributed by atoms with van der Waals surface area (Å²) in [7, 11) is 2.98. The second-order valence-electron chi connectivity index (χ2n) is 5.25. The van der Waals surface area contributed by atoms with Gasteiger partial charge in [-0.3, -0.25) is 9.59 Å². The van der Waals surface area contributed by atoms with Crippen LogP contribution in [0.25, 0.3) is 0 Å². The van der Waals surface area contributed by atoms with E-state index >= 15 is 0 Å². The fraction of sp³-hybridized carbons (Fsp3) is 0.222. The van der Waals surface area contributed by atoms with Gasteiger partial charge in [0.15, 0.2) is 11.5 Å². The number of hydrogen-bond acceptors (Lipinski definition) is 4. The fourth-order valence-electron chi connectivity index (χ4n) is 2.20. The molecule has 2 amide bonds. The van der Waals surface area contributed by atoms with Crippen molar-refractivity contribution in [2.24, 2.45) is 0 Å². The second kappa shape index (κ2) is 8.80. The molecule has 0 fully saturated rings. The third-order valence-electron chi connectivity index (χ3n) is 3.48. The molecule has 0 unspecified atom stereocenters. The van der Waals surface area contributed by atoms with Gasteiger partial charge in [0, 0.05) is 30.8 Å². The number of hydrogen-bond donors (Lipinski definition) is 2. The molecule has 8 heteroatoms. The first-order chi connectivity index (χ1) is 12.4. The van der Waals surface area contributed by atoms with Crippen molar-refractivity contribution in [3.8, 4) is 11.5 Å². The number of carbonyl (C=O) groups excluding carboxylic acids is 2. The maximum absolute atomic E-state index is 13.5. The van der Waals surface area contributed by atoms with Crippen molar-refractivity contribution in [2.45, 2.75) is 6.42 Å². The van der Waals surface area contributed by atoms with Crippen molar-refractivity contribution in [3.05, 3.63) is 53.6 Å². The van der Waals surface area contributed by atoms with Gasteiger partial charge in [-0.15, -0.1) is 0 Å². The molecular weight excluding hydrogens is 346 g/mol. The van der Waals surface area contributed by atoms with E-state index in [1.54, 1.807) is 18.2 Å². The summed E-state index contributed by atoms with van der Waals surface area (Å²) >= 11 is 0. The lowest BCUT2D eigenvalue weighted by molar-refractivity contribution is -0.116. The summed E-state index contributed by atoms with van der Waals surface area (Å²) in [5.74, 6) is -1.81. The normalized spacial score (nSPS) is 10.2. The zero-order chi connectivity index (χ0) is 19.1. The third kappa shape index (κ3) is 4.92. The van der Waals surface area contributed by atoms with Gasteiger partial charge in [0.25, 0.3) is 5.91 Å². The standard InChI is InChI=1S/C18H18F2N2O4/c1-25-15-6-4-12(10-16(15)26-2)22-17(23)7-8-21-18(24)13-5-3-11(19)9-14(13)20/h3-6,9-10H,7-8H2,1-2H3,(H,21,24)(H,22,23). The van der Waals surface area contributed by atoms with E-state index in [9.17, 15) is 18.4 Å². The molecule has 0 spiro atoms. The van der Waals surface area contributed by atoms with Crippen molar-refractivity contribution < 1.29 is 27.8 Å². The molecule has 0 saturated heterocycles. The quantitative estimate of drug-likeness (QED) is 0.792. The molecule has 0 aliphatic carbocycles. The van der Waals surface area contributed by atoms with Gasteiger partial charge in [-0.1, -0.05) is 0 Å². The zero-order valence-electron chi connectivity index (χ0n) is 14.3. The Balaban J connectivity index is 1.86. The molecule has 0 saturated carbocycles. The molecule has 0 aromatic heterocycles. The Morgan fingerprint density at radius 2 is 1.73 bits per heavy atom. The number of nitrogens with one attached hydrogen (secondary N) is 2. The monoisotopic (exact) mass is 364 g/mol. The predicted molar refractivity (Wildman–Crippen MR) is 91.5 cm³/mol. The molecule has 0 radical (unpaired) electrons. The Labute approximate surface area is 149 Å². The number of anilines is 1. The van der Waals surface area contributed by atoms with Gasteiger partial charge in [0.1, 0.15) is 11.6 Å². The highest BCUT2D eigenvalue weighted by Gasteiger charge is 2.13. The van der Waals surface area contributed by atoms with Crippen LogP contribution in [0.2, 0.25) is 0 Å². The van der Waals surface area contributed by atoms with Crippen LogP contribution < -0.4 is 20.1 Å². The van der Waals surface area contributed by atoms with Gasteiger partial charge in [0.05, 0.1) is 19.8 Å². The highest BCUT2D eigenvalue weighted by molar-refractivity contribution is 5.95. The van der Waals surface area contributed by atoms with Crippen LogP contribution in [0.3, 0.4) is 0 Å². The summed E-state index contributed by atoms with van der Waals surface area (Å²) in [6, 6.07) is 7.55. The lowest BCUT2D eigenvalue weighted by Crippen LogP contribution is -2.28. The highest BCUT2D eigenvalue weighted by atomic mass is 19.1. The Hall–Kier alpha value is -3.16. The minimum Gasteiger partial charge on any atom is -0.493 e. The third-order valence-corrected chi connectivity index (χ3v) is 3.48. The second-order valence-corrected chi connectivity index (χ2v) is 5.25. The highest BCUT2D eigenvalue weighted by Crippen LogP contribution is 2.29. The molecule has 2 rings (SSSR count). The van der Waals surface area contributed by atoms with Crippen molar-refractivity contribution in [1.29, 1.82) is 0 Å². The van der Waals surface area contributed by atoms with E-state index in [1.807, 2.05) is 0 Å². The molecule has 0 atom stereocenters. The van der Waals surface area contributed by atoms with E-state index in [0.717, 1.165) is 12.1 Å². The molecule has 138 valence electrons. The smallest absolute Gasteiger partial charge is 0.254 e. The summed E-state index contributed by atoms with van der Waals surface area (Å²) in [5.41, 5.74) is 0.218. The van der Waals surface area contributed by atoms with Crippen LogP contribution in [0, 0.1) is 11.6 Å². The first-order valence-corrected chi connectivity index (χ1v) is 7.69. The van der Waals surface area contributed by atoms with Gasteiger partial charge in [-0.2, -0.15) is 0 Å². The maximum atomic E-state index is 13.5. The predicted octanol–water partition coefficient (Wildman–Crippen LogP) is 2.74. The van der Waals surface area contributed by atoms with Crippen LogP contribution in [-0.4, -0.2) is 32.6 Å². The molecule has 2 N–H and O–H groups in total. The van der Waals surface area contributed by atoms with E-state index in [4.69, 9.17) is 9.47 Å². The number of halogens is 2. The van der Waals surface area contributed by atoms with Crippen molar-refractivity contribution in [1.82, 2.24) is 5.32 Å². The summed E-state index contributed by atoms with van der Waals surface area (Å²) in [6.45, 7) is -0.00519. The van der Waals surface area contributed by atoms with Gasteiger partial charge in [-0.25, -0.2) is 8.78 Å². The van der Waals surface area contributed by atoms with Crippen LogP contribution in [-0.2, 0) is 4.79 Å². The lowest BCUT2D eigenvalue weighted by atomic mass is 10.2. The Bertz CT molecular complexity index is 812. The Morgan fingerprint density at radius 3 is 2.38 bits per heavy atom. The number of rotatable bonds is 7. The summed E-state index contributed by atoms with van der Waals surface area (Å²) in [4.78, 5) is 23.8. The van der Waals surface area contributed by atoms with E-state index in [1.165, 1.54) is 14.2 Å². The summed E-state index contributed by atoms with van der Waals surface area (Å²) in [6.07, 6.45) is -0.0249. The number of amides is 2. The first-order valence-electron chi connectivity index (χ1n) is 7.69. The summed E-state index contributed by atoms with van der Waals surface area (Å²) in [5, 5.41) is 5.06. The minimum atomic E-state index is -0.961. The molecule has 2 aromatic carbocycles. The zero-order valence-corrected chi connectivity index (χ0v) is 14.3. The lowest BCUT2D eigenvalue weighted by Gasteiger charge is -2.11. The van der Waals surface area contributed by atoms with Gasteiger partial charge < -0.3 is 20.1 Å². The number of ether oxygens (including phenoxy) is 2. The largest absolute Gasteiger partial charge is 0.493 e. The topological polar surface area (TPSA) is 76.7 Å². The van der Waals surface area contributed by atoms with Gasteiger partial charge in [-0.05, 0) is 24.3 Å². The van der Waals surface area contributed by atoms with Crippen molar-refractivity contribution in [3.63, 3.8) is 0 Å². The number of methoxy groups -OCH3 is 2. The molecule has 6 nitrogen and oxygen atoms in total. The fourth-order valence-corrected chi connectivity index (χ4v) is 2.20. The van der Waals surface area contributed by atoms with Gasteiger partial charge >= 0.3 is 0 Å². The van der Waals surface area contributed by atoms with Crippen LogP contribution in [0.5, 0.6) is 11.5 Å². The van der Waals surface area contributed by atoms with Crippen LogP contribution in [0.15, 0.2) is 36.4 Å². The first kappa shape index (κ1) is 19.2.